The van der Waals surface area contributed by atoms with E-state index in [1.165, 1.54) is 13.2 Å². The lowest BCUT2D eigenvalue weighted by molar-refractivity contribution is -0.0529. The lowest BCUT2D eigenvalue weighted by Gasteiger charge is -2.29. The van der Waals surface area contributed by atoms with E-state index in [0.717, 1.165) is 6.42 Å². The standard InChI is InChI=1S/C10H13F3O4S/c1-16-9-3-2-7(5-9)4-8(6-9)17-18(14,15)10(11,12)13/h6-7H,2-5H2,1H3. The van der Waals surface area contributed by atoms with Gasteiger partial charge < -0.3 is 8.92 Å². The van der Waals surface area contributed by atoms with Gasteiger partial charge in [-0.3, -0.25) is 0 Å². The summed E-state index contributed by atoms with van der Waals surface area (Å²) < 4.78 is 67.9. The van der Waals surface area contributed by atoms with Crippen LogP contribution < -0.4 is 0 Å². The molecule has 2 rings (SSSR count). The molecule has 4 nitrogen and oxygen atoms in total. The predicted octanol–water partition coefficient (Wildman–Crippen LogP) is 2.33. The summed E-state index contributed by atoms with van der Waals surface area (Å²) in [6, 6.07) is 0. The lowest BCUT2D eigenvalue weighted by Crippen LogP contribution is -2.31. The topological polar surface area (TPSA) is 52.6 Å². The molecule has 0 spiro atoms. The normalized spacial score (nSPS) is 32.2. The molecule has 104 valence electrons. The third kappa shape index (κ3) is 2.35. The summed E-state index contributed by atoms with van der Waals surface area (Å²) in [4.78, 5) is 0. The van der Waals surface area contributed by atoms with Crippen LogP contribution in [0.15, 0.2) is 11.8 Å². The number of methoxy groups -OCH3 is 1. The first kappa shape index (κ1) is 13.7. The maximum absolute atomic E-state index is 12.2. The Labute approximate surface area is 103 Å². The van der Waals surface area contributed by atoms with Gasteiger partial charge in [0.2, 0.25) is 0 Å². The van der Waals surface area contributed by atoms with Crippen LogP contribution in [0.4, 0.5) is 13.2 Å². The minimum absolute atomic E-state index is 0.119. The molecule has 18 heavy (non-hydrogen) atoms. The van der Waals surface area contributed by atoms with Crippen LogP contribution in [0.5, 0.6) is 0 Å². The van der Waals surface area contributed by atoms with Gasteiger partial charge in [0.05, 0.1) is 5.60 Å². The van der Waals surface area contributed by atoms with E-state index in [4.69, 9.17) is 4.74 Å². The van der Waals surface area contributed by atoms with Gasteiger partial charge in [0, 0.05) is 13.5 Å². The van der Waals surface area contributed by atoms with Crippen LogP contribution >= 0.6 is 0 Å². The maximum Gasteiger partial charge on any atom is 0.534 e. The molecular weight excluding hydrogens is 273 g/mol. The van der Waals surface area contributed by atoms with E-state index in [2.05, 4.69) is 4.18 Å². The molecule has 0 aliphatic heterocycles. The van der Waals surface area contributed by atoms with Crippen LogP contribution in [-0.2, 0) is 19.0 Å². The highest BCUT2D eigenvalue weighted by Gasteiger charge is 2.50. The van der Waals surface area contributed by atoms with Crippen LogP contribution in [0.3, 0.4) is 0 Å². The Hall–Kier alpha value is -0.760. The number of allylic oxidation sites excluding steroid dienone is 1. The van der Waals surface area contributed by atoms with Gasteiger partial charge in [-0.15, -0.1) is 0 Å². The molecule has 1 saturated carbocycles. The number of ether oxygens (including phenoxy) is 1. The summed E-state index contributed by atoms with van der Waals surface area (Å²) in [5.41, 5.74) is -6.07. The van der Waals surface area contributed by atoms with Gasteiger partial charge in [-0.05, 0) is 31.3 Å². The highest BCUT2D eigenvalue weighted by Crippen LogP contribution is 2.46. The predicted molar refractivity (Wildman–Crippen MR) is 55.8 cm³/mol. The molecule has 2 atom stereocenters. The van der Waals surface area contributed by atoms with Gasteiger partial charge in [-0.25, -0.2) is 0 Å². The van der Waals surface area contributed by atoms with Crippen molar-refractivity contribution < 1.29 is 30.5 Å². The molecule has 0 saturated heterocycles. The minimum Gasteiger partial charge on any atom is -0.381 e. The molecule has 0 N–H and O–H groups in total. The summed E-state index contributed by atoms with van der Waals surface area (Å²) >= 11 is 0. The molecule has 0 radical (unpaired) electrons. The third-order valence-electron chi connectivity index (χ3n) is 3.43. The quantitative estimate of drug-likeness (QED) is 0.590. The van der Waals surface area contributed by atoms with Gasteiger partial charge in [0.15, 0.2) is 0 Å². The van der Waals surface area contributed by atoms with Gasteiger partial charge >= 0.3 is 15.6 Å². The molecule has 0 aromatic carbocycles. The molecule has 0 heterocycles. The van der Waals surface area contributed by atoms with Crippen LogP contribution in [0.1, 0.15) is 25.7 Å². The molecule has 2 aliphatic rings. The fourth-order valence-corrected chi connectivity index (χ4v) is 3.07. The first-order valence-electron chi connectivity index (χ1n) is 5.45. The zero-order valence-corrected chi connectivity index (χ0v) is 10.5. The Morgan fingerprint density at radius 2 is 2.11 bits per heavy atom. The van der Waals surface area contributed by atoms with Crippen molar-refractivity contribution in [1.29, 1.82) is 0 Å². The second kappa shape index (κ2) is 4.12. The fourth-order valence-electron chi connectivity index (χ4n) is 2.57. The van der Waals surface area contributed by atoms with Crippen molar-refractivity contribution in [1.82, 2.24) is 0 Å². The molecule has 8 heteroatoms. The number of alkyl halides is 3. The van der Waals surface area contributed by atoms with Gasteiger partial charge in [0.25, 0.3) is 0 Å². The summed E-state index contributed by atoms with van der Waals surface area (Å²) in [6.45, 7) is 0. The average molecular weight is 286 g/mol. The van der Waals surface area contributed by atoms with Crippen LogP contribution in [0.25, 0.3) is 0 Å². The first-order valence-corrected chi connectivity index (χ1v) is 6.86. The van der Waals surface area contributed by atoms with E-state index in [1.54, 1.807) is 0 Å². The molecule has 2 unspecified atom stereocenters. The van der Waals surface area contributed by atoms with E-state index < -0.39 is 21.2 Å². The van der Waals surface area contributed by atoms with Gasteiger partial charge in [0.1, 0.15) is 5.76 Å². The molecule has 1 fully saturated rings. The summed E-state index contributed by atoms with van der Waals surface area (Å²) in [6.07, 6.45) is 3.75. The average Bonchev–Trinajstić information content (AvgIpc) is 2.53. The summed E-state index contributed by atoms with van der Waals surface area (Å²) in [7, 11) is -4.12. The van der Waals surface area contributed by atoms with E-state index in [0.29, 0.717) is 12.8 Å². The minimum atomic E-state index is -5.58. The largest absolute Gasteiger partial charge is 0.534 e. The highest BCUT2D eigenvalue weighted by molar-refractivity contribution is 7.87. The highest BCUT2D eigenvalue weighted by atomic mass is 32.2. The Morgan fingerprint density at radius 3 is 2.67 bits per heavy atom. The van der Waals surface area contributed by atoms with E-state index >= 15 is 0 Å². The van der Waals surface area contributed by atoms with Crippen molar-refractivity contribution in [2.75, 3.05) is 7.11 Å². The van der Waals surface area contributed by atoms with E-state index in [1.807, 2.05) is 0 Å². The van der Waals surface area contributed by atoms with Gasteiger partial charge in [-0.2, -0.15) is 21.6 Å². The third-order valence-corrected chi connectivity index (χ3v) is 4.43. The lowest BCUT2D eigenvalue weighted by atomic mass is 9.91. The molecule has 0 amide bonds. The zero-order chi connectivity index (χ0) is 13.6. The first-order chi connectivity index (χ1) is 8.17. The van der Waals surface area contributed by atoms with Crippen molar-refractivity contribution in [2.45, 2.75) is 36.8 Å². The second-order valence-corrected chi connectivity index (χ2v) is 6.21. The smallest absolute Gasteiger partial charge is 0.381 e. The second-order valence-electron chi connectivity index (χ2n) is 4.68. The molecule has 2 aliphatic carbocycles. The number of halogens is 3. The zero-order valence-electron chi connectivity index (χ0n) is 9.66. The van der Waals surface area contributed by atoms with Crippen molar-refractivity contribution in [3.8, 4) is 0 Å². The Kier molecular flexibility index (Phi) is 3.13. The van der Waals surface area contributed by atoms with E-state index in [-0.39, 0.29) is 18.1 Å². The van der Waals surface area contributed by atoms with Gasteiger partial charge in [-0.1, -0.05) is 0 Å². The Morgan fingerprint density at radius 1 is 1.44 bits per heavy atom. The summed E-state index contributed by atoms with van der Waals surface area (Å²) in [5, 5.41) is 0. The molecule has 0 aromatic heterocycles. The SMILES string of the molecule is COC12C=C(OS(=O)(=O)C(F)(F)F)CC(CC1)C2. The molecule has 0 aromatic rings. The summed E-state index contributed by atoms with van der Waals surface area (Å²) in [5.74, 6) is -0.0451. The molecular formula is C10H13F3O4S. The molecule has 2 bridgehead atoms. The van der Waals surface area contributed by atoms with Crippen LogP contribution in [-0.4, -0.2) is 26.6 Å². The number of hydrogen-bond acceptors (Lipinski definition) is 4. The number of fused-ring (bicyclic) bond motifs is 2. The van der Waals surface area contributed by atoms with Crippen molar-refractivity contribution >= 4 is 10.1 Å². The Bertz CT molecular complexity index is 468. The number of hydrogen-bond donors (Lipinski definition) is 0. The number of rotatable bonds is 3. The van der Waals surface area contributed by atoms with Crippen molar-refractivity contribution in [3.05, 3.63) is 11.8 Å². The van der Waals surface area contributed by atoms with E-state index in [9.17, 15) is 21.6 Å². The maximum atomic E-state index is 12.2. The van der Waals surface area contributed by atoms with Crippen LogP contribution in [0.2, 0.25) is 0 Å². The monoisotopic (exact) mass is 286 g/mol. The van der Waals surface area contributed by atoms with Crippen molar-refractivity contribution in [2.24, 2.45) is 5.92 Å². The van der Waals surface area contributed by atoms with Crippen LogP contribution in [0, 0.1) is 5.92 Å². The fraction of sp³-hybridized carbons (Fsp3) is 0.800. The van der Waals surface area contributed by atoms with Crippen molar-refractivity contribution in [3.63, 3.8) is 0 Å². The Balaban J connectivity index is 2.22.